The van der Waals surface area contributed by atoms with Crippen LogP contribution in [0, 0.1) is 0 Å². The molecule has 1 heterocycles. The number of rotatable bonds is 6. The SMILES string of the molecule is C=CCc1ccc(OCC(=O)N2CCCC(O)C2)c(OC)c1. The van der Waals surface area contributed by atoms with Gasteiger partial charge in [-0.15, -0.1) is 6.58 Å². The molecule has 0 radical (unpaired) electrons. The highest BCUT2D eigenvalue weighted by Gasteiger charge is 2.22. The first-order valence-corrected chi connectivity index (χ1v) is 7.50. The van der Waals surface area contributed by atoms with Gasteiger partial charge in [-0.25, -0.2) is 0 Å². The van der Waals surface area contributed by atoms with Crippen molar-refractivity contribution in [3.8, 4) is 11.5 Å². The van der Waals surface area contributed by atoms with Crippen LogP contribution in [0.25, 0.3) is 0 Å². The van der Waals surface area contributed by atoms with Crippen LogP contribution in [0.3, 0.4) is 0 Å². The van der Waals surface area contributed by atoms with Gasteiger partial charge in [0.2, 0.25) is 0 Å². The van der Waals surface area contributed by atoms with Gasteiger partial charge >= 0.3 is 0 Å². The van der Waals surface area contributed by atoms with E-state index in [0.717, 1.165) is 24.8 Å². The van der Waals surface area contributed by atoms with Crippen LogP contribution in [0.2, 0.25) is 0 Å². The van der Waals surface area contributed by atoms with Gasteiger partial charge in [-0.2, -0.15) is 0 Å². The molecule has 1 aliphatic rings. The van der Waals surface area contributed by atoms with Crippen LogP contribution in [0.15, 0.2) is 30.9 Å². The van der Waals surface area contributed by atoms with E-state index in [-0.39, 0.29) is 12.5 Å². The molecule has 1 aliphatic heterocycles. The molecule has 1 unspecified atom stereocenters. The normalized spacial score (nSPS) is 17.9. The number of β-amino-alcohol motifs (C(OH)–C–C–N with tert-alkyl or cyclic N) is 1. The highest BCUT2D eigenvalue weighted by Crippen LogP contribution is 2.28. The summed E-state index contributed by atoms with van der Waals surface area (Å²) in [6.07, 6.45) is 3.72. The first-order chi connectivity index (χ1) is 10.6. The lowest BCUT2D eigenvalue weighted by atomic mass is 10.1. The minimum Gasteiger partial charge on any atom is -0.493 e. The lowest BCUT2D eigenvalue weighted by molar-refractivity contribution is -0.136. The summed E-state index contributed by atoms with van der Waals surface area (Å²) in [5.74, 6) is 1.03. The Kier molecular flexibility index (Phi) is 5.83. The molecule has 1 atom stereocenters. The molecule has 1 fully saturated rings. The minimum absolute atomic E-state index is 0.0517. The quantitative estimate of drug-likeness (QED) is 0.814. The summed E-state index contributed by atoms with van der Waals surface area (Å²) in [5.41, 5.74) is 1.07. The number of hydrogen-bond donors (Lipinski definition) is 1. The number of amides is 1. The Balaban J connectivity index is 1.95. The molecule has 5 heteroatoms. The number of carbonyl (C=O) groups excluding carboxylic acids is 1. The van der Waals surface area contributed by atoms with Crippen LogP contribution < -0.4 is 9.47 Å². The first-order valence-electron chi connectivity index (χ1n) is 7.50. The number of likely N-dealkylation sites (tertiary alicyclic amines) is 1. The van der Waals surface area contributed by atoms with Crippen LogP contribution in [0.1, 0.15) is 18.4 Å². The molecule has 0 bridgehead atoms. The molecule has 2 rings (SSSR count). The second-order valence-corrected chi connectivity index (χ2v) is 5.40. The van der Waals surface area contributed by atoms with E-state index in [4.69, 9.17) is 9.47 Å². The number of nitrogens with zero attached hydrogens (tertiary/aromatic N) is 1. The molecule has 22 heavy (non-hydrogen) atoms. The van der Waals surface area contributed by atoms with Crippen molar-refractivity contribution in [2.75, 3.05) is 26.8 Å². The topological polar surface area (TPSA) is 59.0 Å². The van der Waals surface area contributed by atoms with Gasteiger partial charge in [0.15, 0.2) is 18.1 Å². The molecule has 0 aromatic heterocycles. The summed E-state index contributed by atoms with van der Waals surface area (Å²) in [7, 11) is 1.57. The monoisotopic (exact) mass is 305 g/mol. The van der Waals surface area contributed by atoms with Crippen molar-refractivity contribution in [1.29, 1.82) is 0 Å². The van der Waals surface area contributed by atoms with Crippen molar-refractivity contribution in [3.63, 3.8) is 0 Å². The molecule has 1 saturated heterocycles. The van der Waals surface area contributed by atoms with Gasteiger partial charge < -0.3 is 19.5 Å². The molecule has 1 N–H and O–H groups in total. The van der Waals surface area contributed by atoms with E-state index in [0.29, 0.717) is 24.6 Å². The maximum absolute atomic E-state index is 12.1. The number of allylic oxidation sites excluding steroid dienone is 1. The highest BCUT2D eigenvalue weighted by atomic mass is 16.5. The zero-order valence-corrected chi connectivity index (χ0v) is 13.0. The van der Waals surface area contributed by atoms with E-state index in [9.17, 15) is 9.90 Å². The van der Waals surface area contributed by atoms with Gasteiger partial charge in [-0.3, -0.25) is 4.79 Å². The van der Waals surface area contributed by atoms with E-state index in [1.54, 1.807) is 18.1 Å². The molecule has 0 spiro atoms. The smallest absolute Gasteiger partial charge is 0.260 e. The van der Waals surface area contributed by atoms with Crippen molar-refractivity contribution >= 4 is 5.91 Å². The standard InChI is InChI=1S/C17H23NO4/c1-3-5-13-7-8-15(16(10-13)21-2)22-12-17(20)18-9-4-6-14(19)11-18/h3,7-8,10,14,19H,1,4-6,9,11-12H2,2H3. The molecule has 1 amide bonds. The second-order valence-electron chi connectivity index (χ2n) is 5.40. The summed E-state index contributed by atoms with van der Waals surface area (Å²) < 4.78 is 10.9. The number of methoxy groups -OCH3 is 1. The number of carbonyl (C=O) groups is 1. The summed E-state index contributed by atoms with van der Waals surface area (Å²) in [5, 5.41) is 9.61. The Bertz CT molecular complexity index is 529. The summed E-state index contributed by atoms with van der Waals surface area (Å²) >= 11 is 0. The average Bonchev–Trinajstić information content (AvgIpc) is 2.53. The molecular formula is C17H23NO4. The predicted molar refractivity (Wildman–Crippen MR) is 84.2 cm³/mol. The van der Waals surface area contributed by atoms with Gasteiger partial charge in [0.05, 0.1) is 13.2 Å². The second kappa shape index (κ2) is 7.84. The number of ether oxygens (including phenoxy) is 2. The largest absolute Gasteiger partial charge is 0.493 e. The maximum Gasteiger partial charge on any atom is 0.260 e. The van der Waals surface area contributed by atoms with E-state index < -0.39 is 6.10 Å². The van der Waals surface area contributed by atoms with E-state index in [1.165, 1.54) is 0 Å². The number of hydrogen-bond acceptors (Lipinski definition) is 4. The van der Waals surface area contributed by atoms with Crippen LogP contribution >= 0.6 is 0 Å². The van der Waals surface area contributed by atoms with Crippen molar-refractivity contribution < 1.29 is 19.4 Å². The van der Waals surface area contributed by atoms with Gasteiger partial charge in [0, 0.05) is 13.1 Å². The van der Waals surface area contributed by atoms with E-state index >= 15 is 0 Å². The van der Waals surface area contributed by atoms with Crippen molar-refractivity contribution in [3.05, 3.63) is 36.4 Å². The lowest BCUT2D eigenvalue weighted by Gasteiger charge is -2.30. The average molecular weight is 305 g/mol. The fourth-order valence-electron chi connectivity index (χ4n) is 2.54. The summed E-state index contributed by atoms with van der Waals surface area (Å²) in [6, 6.07) is 5.61. The third-order valence-electron chi connectivity index (χ3n) is 3.71. The molecule has 0 aliphatic carbocycles. The molecular weight excluding hydrogens is 282 g/mol. The Labute approximate surface area is 131 Å². The fraction of sp³-hybridized carbons (Fsp3) is 0.471. The highest BCUT2D eigenvalue weighted by molar-refractivity contribution is 5.78. The molecule has 1 aromatic carbocycles. The third kappa shape index (κ3) is 4.24. The van der Waals surface area contributed by atoms with Gasteiger partial charge in [0.25, 0.3) is 5.91 Å². The summed E-state index contributed by atoms with van der Waals surface area (Å²) in [4.78, 5) is 13.8. The predicted octanol–water partition coefficient (Wildman–Crippen LogP) is 1.79. The number of aliphatic hydroxyl groups excluding tert-OH is 1. The van der Waals surface area contributed by atoms with Crippen LogP contribution in [-0.2, 0) is 11.2 Å². The third-order valence-corrected chi connectivity index (χ3v) is 3.71. The maximum atomic E-state index is 12.1. The molecule has 5 nitrogen and oxygen atoms in total. The molecule has 0 saturated carbocycles. The van der Waals surface area contributed by atoms with Crippen molar-refractivity contribution in [2.45, 2.75) is 25.4 Å². The lowest BCUT2D eigenvalue weighted by Crippen LogP contribution is -2.44. The van der Waals surface area contributed by atoms with Gasteiger partial charge in [-0.05, 0) is 37.0 Å². The Morgan fingerprint density at radius 3 is 3.00 bits per heavy atom. The minimum atomic E-state index is -0.426. The Hall–Kier alpha value is -2.01. The number of benzene rings is 1. The Morgan fingerprint density at radius 1 is 1.50 bits per heavy atom. The van der Waals surface area contributed by atoms with Crippen LogP contribution in [-0.4, -0.2) is 48.8 Å². The van der Waals surface area contributed by atoms with Crippen LogP contribution in [0.5, 0.6) is 11.5 Å². The number of aliphatic hydroxyl groups is 1. The van der Waals surface area contributed by atoms with Crippen molar-refractivity contribution in [2.24, 2.45) is 0 Å². The summed E-state index contributed by atoms with van der Waals surface area (Å²) in [6.45, 7) is 4.72. The van der Waals surface area contributed by atoms with Crippen molar-refractivity contribution in [1.82, 2.24) is 4.90 Å². The Morgan fingerprint density at radius 2 is 2.32 bits per heavy atom. The zero-order chi connectivity index (χ0) is 15.9. The first kappa shape index (κ1) is 16.4. The zero-order valence-electron chi connectivity index (χ0n) is 13.0. The number of piperidine rings is 1. The molecule has 120 valence electrons. The van der Waals surface area contributed by atoms with E-state index in [2.05, 4.69) is 6.58 Å². The van der Waals surface area contributed by atoms with E-state index in [1.807, 2.05) is 18.2 Å². The van der Waals surface area contributed by atoms with Crippen LogP contribution in [0.4, 0.5) is 0 Å². The molecule has 1 aromatic rings. The fourth-order valence-corrected chi connectivity index (χ4v) is 2.54. The van der Waals surface area contributed by atoms with Gasteiger partial charge in [0.1, 0.15) is 0 Å². The van der Waals surface area contributed by atoms with Gasteiger partial charge in [-0.1, -0.05) is 12.1 Å².